The molecule has 5 nitrogen and oxygen atoms in total. The average molecular weight is 448 g/mol. The Morgan fingerprint density at radius 3 is 2.50 bits per heavy atom. The van der Waals surface area contributed by atoms with Gasteiger partial charge in [0.2, 0.25) is 10.0 Å². The number of sulfonamides is 1. The number of hydrogen-bond acceptors (Lipinski definition) is 5. The maximum Gasteiger partial charge on any atom is 0.218 e. The van der Waals surface area contributed by atoms with E-state index in [9.17, 15) is 8.42 Å². The predicted octanol–water partition coefficient (Wildman–Crippen LogP) is 4.36. The van der Waals surface area contributed by atoms with E-state index in [1.54, 1.807) is 11.4 Å². The average Bonchev–Trinajstić information content (AvgIpc) is 2.77. The van der Waals surface area contributed by atoms with Crippen LogP contribution in [0.1, 0.15) is 36.8 Å². The molecule has 1 aliphatic heterocycles. The number of methoxy groups -OCH3 is 1. The van der Waals surface area contributed by atoms with E-state index < -0.39 is 10.0 Å². The molecule has 30 heavy (non-hydrogen) atoms. The molecule has 1 heterocycles. The Labute approximate surface area is 185 Å². The number of thiocarbonyl (C=S) groups is 1. The standard InChI is InChI=1S/C23H29NO4S2/c1-27-21-14-12-19(13-15-21)10-7-17-28-23(29)22-11-5-6-16-24(22)30(25,26)18-20-8-3-2-4-9-20/h2-4,8-9,12-15,22H,5-7,10-11,16-18H2,1H3. The summed E-state index contributed by atoms with van der Waals surface area (Å²) in [5, 5.41) is 0.390. The summed E-state index contributed by atoms with van der Waals surface area (Å²) in [4.78, 5) is 0. The molecule has 0 spiro atoms. The van der Waals surface area contributed by atoms with Crippen molar-refractivity contribution in [1.29, 1.82) is 0 Å². The minimum absolute atomic E-state index is 0.00950. The van der Waals surface area contributed by atoms with Crippen molar-refractivity contribution in [2.24, 2.45) is 0 Å². The Morgan fingerprint density at radius 2 is 1.80 bits per heavy atom. The monoisotopic (exact) mass is 447 g/mol. The summed E-state index contributed by atoms with van der Waals surface area (Å²) in [6, 6.07) is 16.9. The summed E-state index contributed by atoms with van der Waals surface area (Å²) in [5.41, 5.74) is 1.99. The highest BCUT2D eigenvalue weighted by atomic mass is 32.2. The van der Waals surface area contributed by atoms with Gasteiger partial charge in [-0.2, -0.15) is 4.31 Å². The number of ether oxygens (including phenoxy) is 2. The molecular formula is C23H29NO4S2. The highest BCUT2D eigenvalue weighted by Gasteiger charge is 2.35. The van der Waals surface area contributed by atoms with Crippen molar-refractivity contribution in [1.82, 2.24) is 4.31 Å². The van der Waals surface area contributed by atoms with E-state index in [0.29, 0.717) is 24.6 Å². The molecule has 0 N–H and O–H groups in total. The minimum atomic E-state index is -3.46. The predicted molar refractivity (Wildman–Crippen MR) is 123 cm³/mol. The van der Waals surface area contributed by atoms with Crippen LogP contribution in [0.4, 0.5) is 0 Å². The zero-order chi connectivity index (χ0) is 21.4. The number of piperidine rings is 1. The quantitative estimate of drug-likeness (QED) is 0.422. The van der Waals surface area contributed by atoms with Gasteiger partial charge in [0.1, 0.15) is 5.75 Å². The lowest BCUT2D eigenvalue weighted by atomic mass is 10.1. The molecular weight excluding hydrogens is 418 g/mol. The third kappa shape index (κ3) is 6.27. The van der Waals surface area contributed by atoms with E-state index in [1.807, 2.05) is 54.6 Å². The van der Waals surface area contributed by atoms with Gasteiger partial charge in [-0.05, 0) is 61.2 Å². The van der Waals surface area contributed by atoms with Crippen LogP contribution in [0.2, 0.25) is 0 Å². The summed E-state index contributed by atoms with van der Waals surface area (Å²) in [7, 11) is -1.81. The molecule has 1 atom stereocenters. The fraction of sp³-hybridized carbons (Fsp3) is 0.435. The van der Waals surface area contributed by atoms with Crippen LogP contribution in [0.3, 0.4) is 0 Å². The third-order valence-electron chi connectivity index (χ3n) is 5.29. The Kier molecular flexibility index (Phi) is 8.24. The van der Waals surface area contributed by atoms with E-state index in [1.165, 1.54) is 5.56 Å². The van der Waals surface area contributed by atoms with Crippen LogP contribution in [0.25, 0.3) is 0 Å². The molecule has 3 rings (SSSR count). The molecule has 0 saturated carbocycles. The molecule has 0 amide bonds. The topological polar surface area (TPSA) is 55.8 Å². The van der Waals surface area contributed by atoms with Crippen molar-refractivity contribution in [2.75, 3.05) is 20.3 Å². The molecule has 0 aliphatic carbocycles. The lowest BCUT2D eigenvalue weighted by Crippen LogP contribution is -2.48. The normalized spacial score (nSPS) is 17.4. The number of aryl methyl sites for hydroxylation is 1. The van der Waals surface area contributed by atoms with Crippen molar-refractivity contribution >= 4 is 27.3 Å². The summed E-state index contributed by atoms with van der Waals surface area (Å²) in [5.74, 6) is 0.829. The van der Waals surface area contributed by atoms with Gasteiger partial charge in [0.05, 0.1) is 25.5 Å². The lowest BCUT2D eigenvalue weighted by Gasteiger charge is -2.34. The van der Waals surface area contributed by atoms with E-state index >= 15 is 0 Å². The molecule has 1 saturated heterocycles. The minimum Gasteiger partial charge on any atom is -0.497 e. The van der Waals surface area contributed by atoms with Gasteiger partial charge in [-0.3, -0.25) is 0 Å². The van der Waals surface area contributed by atoms with Crippen LogP contribution in [0, 0.1) is 0 Å². The first-order valence-electron chi connectivity index (χ1n) is 10.3. The zero-order valence-electron chi connectivity index (χ0n) is 17.3. The third-order valence-corrected chi connectivity index (χ3v) is 7.53. The van der Waals surface area contributed by atoms with Gasteiger partial charge >= 0.3 is 0 Å². The van der Waals surface area contributed by atoms with E-state index in [-0.39, 0.29) is 11.8 Å². The summed E-state index contributed by atoms with van der Waals surface area (Å²) in [6.07, 6.45) is 4.20. The Balaban J connectivity index is 1.53. The molecule has 1 fully saturated rings. The van der Waals surface area contributed by atoms with Crippen LogP contribution in [0.5, 0.6) is 5.75 Å². The van der Waals surface area contributed by atoms with Gasteiger partial charge in [0.25, 0.3) is 0 Å². The van der Waals surface area contributed by atoms with E-state index in [4.69, 9.17) is 21.7 Å². The zero-order valence-corrected chi connectivity index (χ0v) is 19.0. The van der Waals surface area contributed by atoms with E-state index in [2.05, 4.69) is 0 Å². The molecule has 2 aromatic carbocycles. The van der Waals surface area contributed by atoms with Crippen molar-refractivity contribution in [2.45, 2.75) is 43.9 Å². The lowest BCUT2D eigenvalue weighted by molar-refractivity contribution is 0.237. The first kappa shape index (κ1) is 22.7. The summed E-state index contributed by atoms with van der Waals surface area (Å²) < 4.78 is 38.6. The molecule has 0 radical (unpaired) electrons. The maximum absolute atomic E-state index is 13.0. The number of rotatable bonds is 9. The maximum atomic E-state index is 13.0. The molecule has 1 unspecified atom stereocenters. The molecule has 0 bridgehead atoms. The Hall–Kier alpha value is -1.96. The second kappa shape index (κ2) is 10.9. The van der Waals surface area contributed by atoms with Crippen molar-refractivity contribution in [3.8, 4) is 5.75 Å². The van der Waals surface area contributed by atoms with Crippen molar-refractivity contribution in [3.63, 3.8) is 0 Å². The fourth-order valence-electron chi connectivity index (χ4n) is 3.68. The van der Waals surface area contributed by atoms with Crippen LogP contribution in [-0.2, 0) is 26.9 Å². The second-order valence-corrected chi connectivity index (χ2v) is 9.81. The summed E-state index contributed by atoms with van der Waals surface area (Å²) >= 11 is 5.50. The smallest absolute Gasteiger partial charge is 0.218 e. The largest absolute Gasteiger partial charge is 0.497 e. The second-order valence-electron chi connectivity index (χ2n) is 7.48. The first-order chi connectivity index (χ1) is 14.5. The van der Waals surface area contributed by atoms with E-state index in [0.717, 1.165) is 37.0 Å². The SMILES string of the molecule is COc1ccc(CCCOC(=S)C2CCCCN2S(=O)(=O)Cc2ccccc2)cc1. The fourth-order valence-corrected chi connectivity index (χ4v) is 5.85. The van der Waals surface area contributed by atoms with Crippen molar-refractivity contribution in [3.05, 3.63) is 65.7 Å². The molecule has 1 aliphatic rings. The highest BCUT2D eigenvalue weighted by molar-refractivity contribution is 7.88. The molecule has 0 aromatic heterocycles. The highest BCUT2D eigenvalue weighted by Crippen LogP contribution is 2.24. The molecule has 7 heteroatoms. The van der Waals surface area contributed by atoms with Crippen molar-refractivity contribution < 1.29 is 17.9 Å². The van der Waals surface area contributed by atoms with Gasteiger partial charge in [-0.15, -0.1) is 0 Å². The molecule has 162 valence electrons. The van der Waals surface area contributed by atoms with Gasteiger partial charge < -0.3 is 9.47 Å². The van der Waals surface area contributed by atoms with Gasteiger partial charge in [0.15, 0.2) is 5.05 Å². The first-order valence-corrected chi connectivity index (χ1v) is 12.3. The van der Waals surface area contributed by atoms with Crippen LogP contribution < -0.4 is 4.74 Å². The number of hydrogen-bond donors (Lipinski definition) is 0. The van der Waals surface area contributed by atoms with Gasteiger partial charge in [-0.25, -0.2) is 8.42 Å². The Morgan fingerprint density at radius 1 is 1.07 bits per heavy atom. The van der Waals surface area contributed by atoms with Gasteiger partial charge in [0, 0.05) is 6.54 Å². The summed E-state index contributed by atoms with van der Waals surface area (Å²) in [6.45, 7) is 0.975. The van der Waals surface area contributed by atoms with Crippen LogP contribution in [0.15, 0.2) is 54.6 Å². The van der Waals surface area contributed by atoms with Gasteiger partial charge in [-0.1, -0.05) is 48.9 Å². The molecule has 2 aromatic rings. The Bertz CT molecular complexity index is 914. The van der Waals surface area contributed by atoms with Crippen LogP contribution >= 0.6 is 12.2 Å². The number of benzene rings is 2. The van der Waals surface area contributed by atoms with Crippen LogP contribution in [-0.4, -0.2) is 44.1 Å². The number of nitrogens with zero attached hydrogens (tertiary/aromatic N) is 1.